The summed E-state index contributed by atoms with van der Waals surface area (Å²) in [4.78, 5) is 32.4. The molecule has 3 aromatic rings. The lowest BCUT2D eigenvalue weighted by Gasteiger charge is -2.26. The normalized spacial score (nSPS) is 16.6. The number of hydrogen-bond donors (Lipinski definition) is 1. The summed E-state index contributed by atoms with van der Waals surface area (Å²) in [5.74, 6) is -0.168. The monoisotopic (exact) mass is 504 g/mol. The minimum Gasteiger partial charge on any atom is -0.507 e. The molecule has 0 bridgehead atoms. The molecule has 1 N–H and O–H groups in total. The number of methoxy groups -OCH3 is 4. The molecule has 37 heavy (non-hydrogen) atoms. The molecule has 1 fully saturated rings. The first-order valence-electron chi connectivity index (χ1n) is 11.5. The molecule has 0 radical (unpaired) electrons. The number of aliphatic hydroxyl groups excluding tert-OH is 1. The number of ether oxygens (including phenoxy) is 4. The van der Waals surface area contributed by atoms with Gasteiger partial charge in [-0.15, -0.1) is 0 Å². The second kappa shape index (κ2) is 10.6. The molecule has 192 valence electrons. The van der Waals surface area contributed by atoms with Gasteiger partial charge in [0.25, 0.3) is 11.7 Å². The van der Waals surface area contributed by atoms with Gasteiger partial charge in [0, 0.05) is 11.8 Å². The second-order valence-electron chi connectivity index (χ2n) is 8.39. The molecule has 1 aliphatic heterocycles. The highest BCUT2D eigenvalue weighted by Gasteiger charge is 2.46. The van der Waals surface area contributed by atoms with Crippen LogP contribution < -0.4 is 18.9 Å². The first kappa shape index (κ1) is 25.6. The number of likely N-dealkylation sites (tertiary alicyclic amines) is 1. The maximum Gasteiger partial charge on any atom is 0.296 e. The van der Waals surface area contributed by atoms with E-state index >= 15 is 0 Å². The number of Topliss-reactive ketones (excluding diaryl/α,β-unsaturated/α-hetero) is 1. The smallest absolute Gasteiger partial charge is 0.296 e. The zero-order chi connectivity index (χ0) is 26.7. The van der Waals surface area contributed by atoms with Crippen LogP contribution in [0.4, 0.5) is 0 Å². The zero-order valence-corrected chi connectivity index (χ0v) is 21.3. The van der Waals surface area contributed by atoms with Crippen molar-refractivity contribution in [1.29, 1.82) is 0 Å². The molecular weight excluding hydrogens is 476 g/mol. The maximum atomic E-state index is 13.4. The number of rotatable bonds is 8. The Morgan fingerprint density at radius 3 is 2.14 bits per heavy atom. The van der Waals surface area contributed by atoms with Gasteiger partial charge in [-0.05, 0) is 60.5 Å². The Kier molecular flexibility index (Phi) is 7.33. The Morgan fingerprint density at radius 2 is 1.59 bits per heavy atom. The van der Waals surface area contributed by atoms with E-state index in [0.29, 0.717) is 39.8 Å². The maximum absolute atomic E-state index is 13.4. The van der Waals surface area contributed by atoms with Crippen LogP contribution >= 0.6 is 0 Å². The first-order chi connectivity index (χ1) is 17.8. The van der Waals surface area contributed by atoms with E-state index in [4.69, 9.17) is 18.9 Å². The average molecular weight is 505 g/mol. The lowest BCUT2D eigenvalue weighted by Crippen LogP contribution is -2.29. The largest absolute Gasteiger partial charge is 0.507 e. The Morgan fingerprint density at radius 1 is 0.919 bits per heavy atom. The highest BCUT2D eigenvalue weighted by Crippen LogP contribution is 2.46. The Bertz CT molecular complexity index is 1340. The average Bonchev–Trinajstić information content (AvgIpc) is 3.17. The van der Waals surface area contributed by atoms with Crippen LogP contribution in [0.2, 0.25) is 0 Å². The molecule has 4 rings (SSSR count). The summed E-state index contributed by atoms with van der Waals surface area (Å²) in [6.07, 6.45) is 1.61. The number of aromatic nitrogens is 1. The molecule has 0 aliphatic carbocycles. The zero-order valence-electron chi connectivity index (χ0n) is 21.3. The summed E-state index contributed by atoms with van der Waals surface area (Å²) in [5.41, 5.74) is 2.17. The summed E-state index contributed by atoms with van der Waals surface area (Å²) >= 11 is 0. The summed E-state index contributed by atoms with van der Waals surface area (Å²) < 4.78 is 21.8. The number of hydrogen-bond acceptors (Lipinski definition) is 8. The van der Waals surface area contributed by atoms with Gasteiger partial charge >= 0.3 is 0 Å². The van der Waals surface area contributed by atoms with Gasteiger partial charge in [0.05, 0.1) is 52.3 Å². The first-order valence-corrected chi connectivity index (χ1v) is 11.5. The number of amides is 1. The number of benzene rings is 2. The minimum absolute atomic E-state index is 0.0468. The molecule has 1 saturated heterocycles. The Labute approximate surface area is 214 Å². The van der Waals surface area contributed by atoms with Crippen molar-refractivity contribution in [3.8, 4) is 23.0 Å². The molecule has 1 amide bonds. The summed E-state index contributed by atoms with van der Waals surface area (Å²) in [5, 5.41) is 11.4. The summed E-state index contributed by atoms with van der Waals surface area (Å²) in [7, 11) is 5.99. The molecule has 2 aromatic carbocycles. The number of pyridine rings is 1. The lowest BCUT2D eigenvalue weighted by molar-refractivity contribution is -0.140. The van der Waals surface area contributed by atoms with E-state index in [2.05, 4.69) is 4.98 Å². The summed E-state index contributed by atoms with van der Waals surface area (Å²) in [6.45, 7) is 1.87. The fourth-order valence-corrected chi connectivity index (χ4v) is 4.50. The highest BCUT2D eigenvalue weighted by atomic mass is 16.5. The van der Waals surface area contributed by atoms with Crippen molar-refractivity contribution in [2.75, 3.05) is 28.4 Å². The third kappa shape index (κ3) is 4.67. The molecule has 1 atom stereocenters. The molecular formula is C28H28N2O7. The Balaban J connectivity index is 1.95. The molecule has 2 heterocycles. The van der Waals surface area contributed by atoms with Crippen LogP contribution in [0.3, 0.4) is 0 Å². The third-order valence-electron chi connectivity index (χ3n) is 6.27. The molecule has 1 aromatic heterocycles. The van der Waals surface area contributed by atoms with Gasteiger partial charge < -0.3 is 29.0 Å². The van der Waals surface area contributed by atoms with Crippen molar-refractivity contribution in [2.24, 2.45) is 0 Å². The van der Waals surface area contributed by atoms with Crippen molar-refractivity contribution in [1.82, 2.24) is 9.88 Å². The van der Waals surface area contributed by atoms with Gasteiger partial charge in [0.2, 0.25) is 5.75 Å². The van der Waals surface area contributed by atoms with Gasteiger partial charge in [0.15, 0.2) is 11.5 Å². The van der Waals surface area contributed by atoms with E-state index in [1.807, 2.05) is 6.92 Å². The molecule has 1 unspecified atom stereocenters. The van der Waals surface area contributed by atoms with Crippen LogP contribution in [0.5, 0.6) is 23.0 Å². The highest BCUT2D eigenvalue weighted by molar-refractivity contribution is 6.46. The van der Waals surface area contributed by atoms with Crippen LogP contribution in [0.25, 0.3) is 5.76 Å². The molecule has 0 spiro atoms. The van der Waals surface area contributed by atoms with Gasteiger partial charge in [-0.3, -0.25) is 14.6 Å². The standard InChI is InChI=1S/C28H28N2O7/c1-16-12-17(9-10-20(16)34-2)25(31)23-24(18-13-21(35-3)27(37-5)22(14-18)36-4)30(28(33)26(23)32)15-19-8-6-7-11-29-19/h6-14,24,31H,15H2,1-5H3/b25-23+. The number of carbonyl (C=O) groups excluding carboxylic acids is 2. The van der Waals surface area contributed by atoms with Crippen molar-refractivity contribution >= 4 is 17.4 Å². The molecule has 0 saturated carbocycles. The topological polar surface area (TPSA) is 107 Å². The van der Waals surface area contributed by atoms with E-state index in [9.17, 15) is 14.7 Å². The van der Waals surface area contributed by atoms with Crippen LogP contribution in [0.15, 0.2) is 60.3 Å². The van der Waals surface area contributed by atoms with Gasteiger partial charge in [-0.25, -0.2) is 0 Å². The Hall–Kier alpha value is -4.53. The number of ketones is 1. The van der Waals surface area contributed by atoms with Crippen LogP contribution in [0, 0.1) is 6.92 Å². The van der Waals surface area contributed by atoms with E-state index in [-0.39, 0.29) is 17.9 Å². The molecule has 1 aliphatic rings. The predicted molar refractivity (Wildman–Crippen MR) is 136 cm³/mol. The van der Waals surface area contributed by atoms with Gasteiger partial charge in [-0.2, -0.15) is 0 Å². The fraction of sp³-hybridized carbons (Fsp3) is 0.250. The fourth-order valence-electron chi connectivity index (χ4n) is 4.50. The van der Waals surface area contributed by atoms with E-state index < -0.39 is 17.7 Å². The van der Waals surface area contributed by atoms with Gasteiger partial charge in [-0.1, -0.05) is 6.07 Å². The van der Waals surface area contributed by atoms with Crippen molar-refractivity contribution in [3.63, 3.8) is 0 Å². The third-order valence-corrected chi connectivity index (χ3v) is 6.27. The quantitative estimate of drug-likeness (QED) is 0.278. The second-order valence-corrected chi connectivity index (χ2v) is 8.39. The number of nitrogens with zero attached hydrogens (tertiary/aromatic N) is 2. The van der Waals surface area contributed by atoms with Crippen LogP contribution in [0.1, 0.15) is 28.4 Å². The molecule has 9 nitrogen and oxygen atoms in total. The van der Waals surface area contributed by atoms with Crippen LogP contribution in [-0.4, -0.2) is 55.1 Å². The number of aryl methyl sites for hydroxylation is 1. The summed E-state index contributed by atoms with van der Waals surface area (Å²) in [6, 6.07) is 12.7. The van der Waals surface area contributed by atoms with E-state index in [0.717, 1.165) is 5.56 Å². The predicted octanol–water partition coefficient (Wildman–Crippen LogP) is 4.05. The van der Waals surface area contributed by atoms with E-state index in [1.54, 1.807) is 61.8 Å². The lowest BCUT2D eigenvalue weighted by atomic mass is 9.94. The van der Waals surface area contributed by atoms with Crippen LogP contribution in [-0.2, 0) is 16.1 Å². The SMILES string of the molecule is COc1ccc(/C(O)=C2\C(=O)C(=O)N(Cc3ccccn3)C2c2cc(OC)c(OC)c(OC)c2)cc1C. The van der Waals surface area contributed by atoms with E-state index in [1.165, 1.54) is 26.2 Å². The number of aliphatic hydroxyl groups is 1. The van der Waals surface area contributed by atoms with Crippen molar-refractivity contribution in [3.05, 3.63) is 82.7 Å². The molecule has 9 heteroatoms. The van der Waals surface area contributed by atoms with Gasteiger partial charge in [0.1, 0.15) is 11.5 Å². The van der Waals surface area contributed by atoms with Crippen molar-refractivity contribution < 1.29 is 33.6 Å². The number of carbonyl (C=O) groups is 2. The van der Waals surface area contributed by atoms with Crippen molar-refractivity contribution in [2.45, 2.75) is 19.5 Å². The minimum atomic E-state index is -0.946.